The third kappa shape index (κ3) is 3.17. The topological polar surface area (TPSA) is 71.3 Å². The quantitative estimate of drug-likeness (QED) is 0.932. The summed E-state index contributed by atoms with van der Waals surface area (Å²) in [4.78, 5) is 18.3. The number of nitrogens with one attached hydrogen (secondary N) is 1. The van der Waals surface area contributed by atoms with Crippen molar-refractivity contribution in [3.05, 3.63) is 36.3 Å². The number of carbonyl (C=O) groups is 1. The van der Waals surface area contributed by atoms with E-state index in [0.717, 1.165) is 38.0 Å². The first-order chi connectivity index (χ1) is 10.8. The average molecular weight is 300 g/mol. The molecule has 0 radical (unpaired) electrons. The number of hydrogen-bond acceptors (Lipinski definition) is 5. The molecule has 0 aliphatic carbocycles. The average Bonchev–Trinajstić information content (AvgIpc) is 3.06. The zero-order valence-corrected chi connectivity index (χ0v) is 12.7. The SMILES string of the molecule is CNCC1CCN(C(=O)c2cc(-c3ccncc3)on2)CC1. The van der Waals surface area contributed by atoms with E-state index in [1.165, 1.54) is 0 Å². The number of piperidine rings is 1. The Morgan fingerprint density at radius 3 is 2.77 bits per heavy atom. The van der Waals surface area contributed by atoms with Crippen LogP contribution in [0.15, 0.2) is 35.1 Å². The number of pyridine rings is 1. The lowest BCUT2D eigenvalue weighted by molar-refractivity contribution is 0.0680. The van der Waals surface area contributed by atoms with Crippen molar-refractivity contribution < 1.29 is 9.32 Å². The second kappa shape index (κ2) is 6.70. The van der Waals surface area contributed by atoms with Gasteiger partial charge in [0, 0.05) is 37.1 Å². The van der Waals surface area contributed by atoms with Crippen LogP contribution in [-0.4, -0.2) is 47.6 Å². The van der Waals surface area contributed by atoms with Crippen molar-refractivity contribution in [1.82, 2.24) is 20.4 Å². The molecule has 0 atom stereocenters. The Labute approximate surface area is 129 Å². The number of amides is 1. The molecule has 1 aliphatic heterocycles. The smallest absolute Gasteiger partial charge is 0.276 e. The third-order valence-corrected chi connectivity index (χ3v) is 4.09. The molecule has 0 saturated carbocycles. The van der Waals surface area contributed by atoms with Gasteiger partial charge in [-0.05, 0) is 44.5 Å². The van der Waals surface area contributed by atoms with Crippen molar-refractivity contribution in [1.29, 1.82) is 0 Å². The fraction of sp³-hybridized carbons (Fsp3) is 0.438. The highest BCUT2D eigenvalue weighted by Crippen LogP contribution is 2.22. The highest BCUT2D eigenvalue weighted by atomic mass is 16.5. The summed E-state index contributed by atoms with van der Waals surface area (Å²) in [5, 5.41) is 7.12. The second-order valence-electron chi connectivity index (χ2n) is 5.61. The first-order valence-electron chi connectivity index (χ1n) is 7.59. The van der Waals surface area contributed by atoms with Crippen LogP contribution in [0.3, 0.4) is 0 Å². The van der Waals surface area contributed by atoms with Gasteiger partial charge < -0.3 is 14.7 Å². The molecule has 0 spiro atoms. The Morgan fingerprint density at radius 1 is 1.36 bits per heavy atom. The molecule has 0 bridgehead atoms. The molecule has 1 N–H and O–H groups in total. The van der Waals surface area contributed by atoms with Crippen LogP contribution in [-0.2, 0) is 0 Å². The molecular weight excluding hydrogens is 280 g/mol. The van der Waals surface area contributed by atoms with E-state index < -0.39 is 0 Å². The van der Waals surface area contributed by atoms with Gasteiger partial charge in [0.1, 0.15) is 0 Å². The highest BCUT2D eigenvalue weighted by Gasteiger charge is 2.25. The molecule has 22 heavy (non-hydrogen) atoms. The highest BCUT2D eigenvalue weighted by molar-refractivity contribution is 5.93. The van der Waals surface area contributed by atoms with Gasteiger partial charge in [0.25, 0.3) is 5.91 Å². The number of rotatable bonds is 4. The molecule has 1 fully saturated rings. The van der Waals surface area contributed by atoms with Gasteiger partial charge in [0.2, 0.25) is 0 Å². The van der Waals surface area contributed by atoms with E-state index in [1.807, 2.05) is 24.1 Å². The third-order valence-electron chi connectivity index (χ3n) is 4.09. The Hall–Kier alpha value is -2.21. The van der Waals surface area contributed by atoms with E-state index in [1.54, 1.807) is 18.5 Å². The molecule has 116 valence electrons. The van der Waals surface area contributed by atoms with Crippen LogP contribution in [0.5, 0.6) is 0 Å². The van der Waals surface area contributed by atoms with Crippen LogP contribution in [0.4, 0.5) is 0 Å². The fourth-order valence-corrected chi connectivity index (χ4v) is 2.82. The zero-order chi connectivity index (χ0) is 15.4. The van der Waals surface area contributed by atoms with Crippen molar-refractivity contribution in [3.8, 4) is 11.3 Å². The molecule has 1 saturated heterocycles. The summed E-state index contributed by atoms with van der Waals surface area (Å²) in [6, 6.07) is 5.37. The van der Waals surface area contributed by atoms with Gasteiger partial charge in [0.05, 0.1) is 0 Å². The Morgan fingerprint density at radius 2 is 2.09 bits per heavy atom. The summed E-state index contributed by atoms with van der Waals surface area (Å²) in [5.41, 5.74) is 1.24. The lowest BCUT2D eigenvalue weighted by Crippen LogP contribution is -2.40. The van der Waals surface area contributed by atoms with Crippen LogP contribution < -0.4 is 5.32 Å². The summed E-state index contributed by atoms with van der Waals surface area (Å²) in [6.45, 7) is 2.57. The number of carbonyl (C=O) groups excluding carboxylic acids is 1. The summed E-state index contributed by atoms with van der Waals surface area (Å²) >= 11 is 0. The number of hydrogen-bond donors (Lipinski definition) is 1. The van der Waals surface area contributed by atoms with Gasteiger partial charge in [-0.3, -0.25) is 9.78 Å². The number of nitrogens with zero attached hydrogens (tertiary/aromatic N) is 3. The molecule has 0 aromatic carbocycles. The summed E-state index contributed by atoms with van der Waals surface area (Å²) < 4.78 is 5.29. The number of likely N-dealkylation sites (tertiary alicyclic amines) is 1. The van der Waals surface area contributed by atoms with Gasteiger partial charge >= 0.3 is 0 Å². The first-order valence-corrected chi connectivity index (χ1v) is 7.59. The normalized spacial score (nSPS) is 16.0. The van der Waals surface area contributed by atoms with E-state index in [2.05, 4.69) is 15.5 Å². The molecule has 3 rings (SSSR count). The number of aromatic nitrogens is 2. The van der Waals surface area contributed by atoms with Crippen LogP contribution in [0.2, 0.25) is 0 Å². The molecule has 0 unspecified atom stereocenters. The zero-order valence-electron chi connectivity index (χ0n) is 12.7. The molecule has 3 heterocycles. The Balaban J connectivity index is 1.65. The molecular formula is C16H20N4O2. The minimum Gasteiger partial charge on any atom is -0.355 e. The van der Waals surface area contributed by atoms with Crippen LogP contribution >= 0.6 is 0 Å². The summed E-state index contributed by atoms with van der Waals surface area (Å²) in [6.07, 6.45) is 5.43. The van der Waals surface area contributed by atoms with Gasteiger partial charge in [-0.15, -0.1) is 0 Å². The van der Waals surface area contributed by atoms with Crippen molar-refractivity contribution in [2.75, 3.05) is 26.7 Å². The summed E-state index contributed by atoms with van der Waals surface area (Å²) in [7, 11) is 1.97. The standard InChI is InChI=1S/C16H20N4O2/c1-17-11-12-4-8-20(9-5-12)16(21)14-10-15(22-19-14)13-2-6-18-7-3-13/h2-3,6-7,10,12,17H,4-5,8-9,11H2,1H3. The van der Waals surface area contributed by atoms with Gasteiger partial charge in [0.15, 0.2) is 11.5 Å². The maximum absolute atomic E-state index is 12.5. The minimum atomic E-state index is -0.0491. The maximum atomic E-state index is 12.5. The predicted octanol–water partition coefficient (Wildman–Crippen LogP) is 1.81. The predicted molar refractivity (Wildman–Crippen MR) is 82.3 cm³/mol. The fourth-order valence-electron chi connectivity index (χ4n) is 2.82. The van der Waals surface area contributed by atoms with E-state index in [0.29, 0.717) is 17.4 Å². The van der Waals surface area contributed by atoms with E-state index in [4.69, 9.17) is 4.52 Å². The minimum absolute atomic E-state index is 0.0491. The maximum Gasteiger partial charge on any atom is 0.276 e. The van der Waals surface area contributed by atoms with Crippen LogP contribution in [0.25, 0.3) is 11.3 Å². The van der Waals surface area contributed by atoms with Crippen molar-refractivity contribution in [2.24, 2.45) is 5.92 Å². The lowest BCUT2D eigenvalue weighted by atomic mass is 9.96. The Kier molecular flexibility index (Phi) is 4.48. The molecule has 1 aliphatic rings. The Bertz CT molecular complexity index is 618. The lowest BCUT2D eigenvalue weighted by Gasteiger charge is -2.31. The van der Waals surface area contributed by atoms with Gasteiger partial charge in [-0.2, -0.15) is 0 Å². The molecule has 6 nitrogen and oxygen atoms in total. The van der Waals surface area contributed by atoms with Crippen molar-refractivity contribution >= 4 is 5.91 Å². The van der Waals surface area contributed by atoms with Crippen molar-refractivity contribution in [3.63, 3.8) is 0 Å². The van der Waals surface area contributed by atoms with E-state index in [9.17, 15) is 4.79 Å². The molecule has 2 aromatic heterocycles. The molecule has 2 aromatic rings. The first kappa shape index (κ1) is 14.7. The largest absolute Gasteiger partial charge is 0.355 e. The van der Waals surface area contributed by atoms with E-state index in [-0.39, 0.29) is 5.91 Å². The van der Waals surface area contributed by atoms with Crippen molar-refractivity contribution in [2.45, 2.75) is 12.8 Å². The van der Waals surface area contributed by atoms with E-state index >= 15 is 0 Å². The second-order valence-corrected chi connectivity index (χ2v) is 5.61. The molecule has 1 amide bonds. The van der Waals surface area contributed by atoms with Gasteiger partial charge in [-0.25, -0.2) is 0 Å². The molecule has 6 heteroatoms. The summed E-state index contributed by atoms with van der Waals surface area (Å²) in [5.74, 6) is 1.20. The monoisotopic (exact) mass is 300 g/mol. The van der Waals surface area contributed by atoms with Crippen LogP contribution in [0, 0.1) is 5.92 Å². The van der Waals surface area contributed by atoms with Crippen LogP contribution in [0.1, 0.15) is 23.3 Å². The van der Waals surface area contributed by atoms with Gasteiger partial charge in [-0.1, -0.05) is 5.16 Å².